The van der Waals surface area contributed by atoms with Gasteiger partial charge in [0, 0.05) is 32.2 Å². The van der Waals surface area contributed by atoms with Crippen LogP contribution in [0.5, 0.6) is 0 Å². The summed E-state index contributed by atoms with van der Waals surface area (Å²) in [6.07, 6.45) is 2.35. The molecule has 146 valence electrons. The van der Waals surface area contributed by atoms with Gasteiger partial charge in [0.1, 0.15) is 11.6 Å². The van der Waals surface area contributed by atoms with Crippen molar-refractivity contribution < 1.29 is 31.8 Å². The molecular formula is C17H23F2NO5S. The largest absolute Gasteiger partial charge is 0.394 e. The van der Waals surface area contributed by atoms with Gasteiger partial charge in [-0.25, -0.2) is 17.2 Å². The van der Waals surface area contributed by atoms with Crippen LogP contribution in [0.4, 0.5) is 8.78 Å². The fourth-order valence-electron chi connectivity index (χ4n) is 3.65. The average molecular weight is 391 g/mol. The second-order valence-corrected chi connectivity index (χ2v) is 8.69. The molecule has 1 unspecified atom stereocenters. The Labute approximate surface area is 151 Å². The average Bonchev–Trinajstić information content (AvgIpc) is 2.60. The molecule has 0 bridgehead atoms. The van der Waals surface area contributed by atoms with Crippen LogP contribution in [0.2, 0.25) is 0 Å². The van der Waals surface area contributed by atoms with Crippen molar-refractivity contribution in [1.82, 2.24) is 4.31 Å². The molecule has 1 N–H and O–H groups in total. The topological polar surface area (TPSA) is 76.1 Å². The van der Waals surface area contributed by atoms with Crippen LogP contribution in [0.1, 0.15) is 25.7 Å². The van der Waals surface area contributed by atoms with Gasteiger partial charge in [0.15, 0.2) is 0 Å². The predicted molar refractivity (Wildman–Crippen MR) is 89.1 cm³/mol. The number of piperidine rings is 1. The van der Waals surface area contributed by atoms with E-state index >= 15 is 0 Å². The summed E-state index contributed by atoms with van der Waals surface area (Å²) in [5.74, 6) is -1.84. The molecule has 2 fully saturated rings. The maximum Gasteiger partial charge on any atom is 0.243 e. The minimum Gasteiger partial charge on any atom is -0.394 e. The molecular weight excluding hydrogens is 368 g/mol. The lowest BCUT2D eigenvalue weighted by Crippen LogP contribution is -2.52. The zero-order valence-corrected chi connectivity index (χ0v) is 15.2. The zero-order chi connectivity index (χ0) is 18.8. The standard InChI is InChI=1S/C17H23F2NO5S/c18-13-9-14(19)11-16(10-13)26(22,23)20-4-2-17(3-5-20)12-15(1-7-25-17)24-8-6-21/h9-11,15,21H,1-8,12H2. The molecule has 0 saturated carbocycles. The SMILES string of the molecule is O=S(=O)(c1cc(F)cc(F)c1)N1CCC2(CC1)CC(OCCO)CCO2. The quantitative estimate of drug-likeness (QED) is 0.827. The fraction of sp³-hybridized carbons (Fsp3) is 0.647. The molecule has 3 rings (SSSR count). The number of nitrogens with zero attached hydrogens (tertiary/aromatic N) is 1. The minimum absolute atomic E-state index is 0.0172. The van der Waals surface area contributed by atoms with Crippen LogP contribution in [0.15, 0.2) is 23.1 Å². The van der Waals surface area contributed by atoms with Gasteiger partial charge in [-0.05, 0) is 31.4 Å². The smallest absolute Gasteiger partial charge is 0.243 e. The first-order valence-electron chi connectivity index (χ1n) is 8.67. The molecule has 6 nitrogen and oxygen atoms in total. The van der Waals surface area contributed by atoms with E-state index in [1.165, 1.54) is 4.31 Å². The van der Waals surface area contributed by atoms with Crippen molar-refractivity contribution in [3.05, 3.63) is 29.8 Å². The highest BCUT2D eigenvalue weighted by Gasteiger charge is 2.43. The summed E-state index contributed by atoms with van der Waals surface area (Å²) >= 11 is 0. The molecule has 0 aromatic heterocycles. The van der Waals surface area contributed by atoms with Crippen molar-refractivity contribution in [2.24, 2.45) is 0 Å². The van der Waals surface area contributed by atoms with Crippen molar-refractivity contribution in [3.8, 4) is 0 Å². The number of aliphatic hydroxyl groups is 1. The second kappa shape index (κ2) is 7.85. The molecule has 2 heterocycles. The van der Waals surface area contributed by atoms with Crippen LogP contribution in [-0.4, -0.2) is 62.4 Å². The normalized spacial score (nSPS) is 24.0. The number of benzene rings is 1. The Kier molecular flexibility index (Phi) is 5.93. The van der Waals surface area contributed by atoms with E-state index in [-0.39, 0.29) is 37.3 Å². The highest BCUT2D eigenvalue weighted by Crippen LogP contribution is 2.37. The summed E-state index contributed by atoms with van der Waals surface area (Å²) in [6, 6.07) is 2.31. The Bertz CT molecular complexity index is 714. The Hall–Kier alpha value is -1.13. The van der Waals surface area contributed by atoms with Gasteiger partial charge in [0.05, 0.1) is 29.8 Å². The third-order valence-corrected chi connectivity index (χ3v) is 6.88. The van der Waals surface area contributed by atoms with Crippen molar-refractivity contribution in [1.29, 1.82) is 0 Å². The first kappa shape index (κ1) is 19.6. The Morgan fingerprint density at radius 3 is 2.50 bits per heavy atom. The number of hydrogen-bond donors (Lipinski definition) is 1. The first-order chi connectivity index (χ1) is 12.3. The summed E-state index contributed by atoms with van der Waals surface area (Å²) < 4.78 is 64.9. The van der Waals surface area contributed by atoms with E-state index in [4.69, 9.17) is 14.6 Å². The third-order valence-electron chi connectivity index (χ3n) is 5.00. The monoisotopic (exact) mass is 391 g/mol. The number of rotatable bonds is 5. The molecule has 9 heteroatoms. The molecule has 1 atom stereocenters. The lowest BCUT2D eigenvalue weighted by molar-refractivity contribution is -0.152. The van der Waals surface area contributed by atoms with E-state index in [0.717, 1.165) is 18.6 Å². The molecule has 1 aromatic rings. The summed E-state index contributed by atoms with van der Waals surface area (Å²) in [4.78, 5) is -0.375. The van der Waals surface area contributed by atoms with Gasteiger partial charge in [-0.3, -0.25) is 0 Å². The Balaban J connectivity index is 1.67. The maximum absolute atomic E-state index is 13.4. The van der Waals surface area contributed by atoms with Crippen molar-refractivity contribution in [3.63, 3.8) is 0 Å². The summed E-state index contributed by atoms with van der Waals surface area (Å²) in [5, 5.41) is 8.89. The number of ether oxygens (including phenoxy) is 2. The lowest BCUT2D eigenvalue weighted by Gasteiger charge is -2.45. The number of aliphatic hydroxyl groups excluding tert-OH is 1. The number of sulfonamides is 1. The lowest BCUT2D eigenvalue weighted by atomic mass is 9.84. The van der Waals surface area contributed by atoms with Gasteiger partial charge in [-0.1, -0.05) is 0 Å². The minimum atomic E-state index is -3.96. The predicted octanol–water partition coefficient (Wildman–Crippen LogP) is 1.68. The van der Waals surface area contributed by atoms with Gasteiger partial charge in [0.2, 0.25) is 10.0 Å². The van der Waals surface area contributed by atoms with Crippen LogP contribution in [0.3, 0.4) is 0 Å². The van der Waals surface area contributed by atoms with E-state index in [1.54, 1.807) is 0 Å². The van der Waals surface area contributed by atoms with E-state index in [9.17, 15) is 17.2 Å². The zero-order valence-electron chi connectivity index (χ0n) is 14.4. The van der Waals surface area contributed by atoms with Crippen LogP contribution in [0, 0.1) is 11.6 Å². The fourth-order valence-corrected chi connectivity index (χ4v) is 5.14. The molecule has 2 aliphatic heterocycles. The third kappa shape index (κ3) is 4.23. The molecule has 1 aromatic carbocycles. The van der Waals surface area contributed by atoms with Crippen LogP contribution in [-0.2, 0) is 19.5 Å². The number of hydrogen-bond acceptors (Lipinski definition) is 5. The van der Waals surface area contributed by atoms with E-state index in [2.05, 4.69) is 0 Å². The van der Waals surface area contributed by atoms with E-state index in [1.807, 2.05) is 0 Å². The summed E-state index contributed by atoms with van der Waals surface area (Å²) in [5.41, 5.74) is -0.447. The van der Waals surface area contributed by atoms with Crippen molar-refractivity contribution in [2.75, 3.05) is 32.9 Å². The van der Waals surface area contributed by atoms with Crippen LogP contribution < -0.4 is 0 Å². The number of halogens is 2. The summed E-state index contributed by atoms with van der Waals surface area (Å²) in [7, 11) is -3.96. The maximum atomic E-state index is 13.4. The van der Waals surface area contributed by atoms with Gasteiger partial charge in [0.25, 0.3) is 0 Å². The highest BCUT2D eigenvalue weighted by molar-refractivity contribution is 7.89. The van der Waals surface area contributed by atoms with Gasteiger partial charge >= 0.3 is 0 Å². The van der Waals surface area contributed by atoms with Crippen molar-refractivity contribution in [2.45, 2.75) is 42.3 Å². The first-order valence-corrected chi connectivity index (χ1v) is 10.1. The molecule has 2 saturated heterocycles. The van der Waals surface area contributed by atoms with Gasteiger partial charge < -0.3 is 14.6 Å². The van der Waals surface area contributed by atoms with E-state index < -0.39 is 27.3 Å². The van der Waals surface area contributed by atoms with E-state index in [0.29, 0.717) is 31.9 Å². The molecule has 0 amide bonds. The Morgan fingerprint density at radius 1 is 1.23 bits per heavy atom. The molecule has 1 spiro atoms. The Morgan fingerprint density at radius 2 is 1.88 bits per heavy atom. The van der Waals surface area contributed by atoms with Gasteiger partial charge in [-0.2, -0.15) is 4.31 Å². The second-order valence-electron chi connectivity index (χ2n) is 6.75. The highest BCUT2D eigenvalue weighted by atomic mass is 32.2. The summed E-state index contributed by atoms with van der Waals surface area (Å²) in [6.45, 7) is 1.19. The molecule has 0 aliphatic carbocycles. The van der Waals surface area contributed by atoms with Crippen LogP contribution in [0.25, 0.3) is 0 Å². The van der Waals surface area contributed by atoms with Gasteiger partial charge in [-0.15, -0.1) is 0 Å². The molecule has 0 radical (unpaired) electrons. The molecule has 26 heavy (non-hydrogen) atoms. The van der Waals surface area contributed by atoms with Crippen LogP contribution >= 0.6 is 0 Å². The van der Waals surface area contributed by atoms with Crippen molar-refractivity contribution >= 4 is 10.0 Å². The molecule has 2 aliphatic rings.